The lowest BCUT2D eigenvalue weighted by molar-refractivity contribution is -0.128. The zero-order chi connectivity index (χ0) is 15.9. The van der Waals surface area contributed by atoms with Crippen molar-refractivity contribution in [1.82, 2.24) is 9.80 Å². The monoisotopic (exact) mass is 298 g/mol. The number of nitrogens with one attached hydrogen (secondary N) is 1. The van der Waals surface area contributed by atoms with Crippen LogP contribution < -0.4 is 5.32 Å². The molecular weight excluding hydrogens is 276 g/mol. The molecule has 0 unspecified atom stereocenters. The Morgan fingerprint density at radius 2 is 2.00 bits per heavy atom. The summed E-state index contributed by atoms with van der Waals surface area (Å²) in [5.74, 6) is -0.222. The van der Waals surface area contributed by atoms with E-state index in [0.717, 1.165) is 31.6 Å². The Balaban J connectivity index is 2.00. The van der Waals surface area contributed by atoms with Gasteiger partial charge in [0.15, 0.2) is 0 Å². The molecule has 1 aliphatic heterocycles. The van der Waals surface area contributed by atoms with E-state index in [0.29, 0.717) is 0 Å². The first-order chi connectivity index (χ1) is 10.6. The van der Waals surface area contributed by atoms with Crippen molar-refractivity contribution < 1.29 is 4.79 Å². The Kier molecular flexibility index (Phi) is 5.56. The second-order valence-electron chi connectivity index (χ2n) is 5.63. The van der Waals surface area contributed by atoms with Gasteiger partial charge in [0.25, 0.3) is 5.91 Å². The van der Waals surface area contributed by atoms with E-state index in [2.05, 4.69) is 17.3 Å². The van der Waals surface area contributed by atoms with Gasteiger partial charge in [-0.3, -0.25) is 4.79 Å². The maximum absolute atomic E-state index is 12.5. The summed E-state index contributed by atoms with van der Waals surface area (Å²) in [6, 6.07) is 11.7. The van der Waals surface area contributed by atoms with Crippen molar-refractivity contribution >= 4 is 11.6 Å². The van der Waals surface area contributed by atoms with Gasteiger partial charge in [0.1, 0.15) is 11.6 Å². The Bertz CT molecular complexity index is 568. The normalized spacial score (nSPS) is 16.9. The number of likely N-dealkylation sites (tertiary alicyclic amines) is 1. The number of nitriles is 1. The molecule has 116 valence electrons. The molecular formula is C17H22N4O. The van der Waals surface area contributed by atoms with Crippen molar-refractivity contribution in [3.63, 3.8) is 0 Å². The number of carbonyl (C=O) groups is 1. The van der Waals surface area contributed by atoms with Gasteiger partial charge in [-0.05, 0) is 45.1 Å². The molecule has 1 amide bonds. The number of anilines is 1. The third-order valence-electron chi connectivity index (χ3n) is 4.06. The molecule has 1 fully saturated rings. The fourth-order valence-electron chi connectivity index (χ4n) is 2.57. The first kappa shape index (κ1) is 16.1. The van der Waals surface area contributed by atoms with E-state index in [1.54, 1.807) is 11.9 Å². The van der Waals surface area contributed by atoms with Gasteiger partial charge < -0.3 is 15.1 Å². The SMILES string of the molecule is CN1CCC(N(C)C(=O)/C(C#N)=C\Nc2ccccc2)CC1. The van der Waals surface area contributed by atoms with Crippen LogP contribution in [0.3, 0.4) is 0 Å². The highest BCUT2D eigenvalue weighted by Crippen LogP contribution is 2.16. The van der Waals surface area contributed by atoms with Crippen LogP contribution in [0.2, 0.25) is 0 Å². The molecule has 1 aromatic rings. The summed E-state index contributed by atoms with van der Waals surface area (Å²) >= 11 is 0. The third kappa shape index (κ3) is 4.09. The number of rotatable bonds is 4. The molecule has 5 heteroatoms. The predicted octanol–water partition coefficient (Wildman–Crippen LogP) is 2.06. The highest BCUT2D eigenvalue weighted by Gasteiger charge is 2.25. The third-order valence-corrected chi connectivity index (χ3v) is 4.06. The molecule has 1 saturated heterocycles. The largest absolute Gasteiger partial charge is 0.360 e. The van der Waals surface area contributed by atoms with Gasteiger partial charge >= 0.3 is 0 Å². The quantitative estimate of drug-likeness (QED) is 0.683. The smallest absolute Gasteiger partial charge is 0.266 e. The van der Waals surface area contributed by atoms with Crippen molar-refractivity contribution in [3.05, 3.63) is 42.1 Å². The van der Waals surface area contributed by atoms with Gasteiger partial charge in [-0.1, -0.05) is 18.2 Å². The maximum atomic E-state index is 12.5. The van der Waals surface area contributed by atoms with Crippen molar-refractivity contribution in [1.29, 1.82) is 5.26 Å². The van der Waals surface area contributed by atoms with E-state index >= 15 is 0 Å². The van der Waals surface area contributed by atoms with E-state index in [1.165, 1.54) is 6.20 Å². The number of hydrogen-bond donors (Lipinski definition) is 1. The zero-order valence-corrected chi connectivity index (χ0v) is 13.1. The average molecular weight is 298 g/mol. The van der Waals surface area contributed by atoms with Crippen LogP contribution in [-0.4, -0.2) is 48.9 Å². The van der Waals surface area contributed by atoms with E-state index in [9.17, 15) is 10.1 Å². The molecule has 0 spiro atoms. The van der Waals surface area contributed by atoms with Crippen molar-refractivity contribution in [2.75, 3.05) is 32.5 Å². The number of nitrogens with zero attached hydrogens (tertiary/aromatic N) is 3. The van der Waals surface area contributed by atoms with Crippen LogP contribution in [0.4, 0.5) is 5.69 Å². The van der Waals surface area contributed by atoms with Gasteiger partial charge in [0.2, 0.25) is 0 Å². The Hall–Kier alpha value is -2.32. The molecule has 22 heavy (non-hydrogen) atoms. The molecule has 1 heterocycles. The number of hydrogen-bond acceptors (Lipinski definition) is 4. The fraction of sp³-hybridized carbons (Fsp3) is 0.412. The minimum Gasteiger partial charge on any atom is -0.360 e. The molecule has 0 aromatic heterocycles. The first-order valence-electron chi connectivity index (χ1n) is 7.49. The topological polar surface area (TPSA) is 59.4 Å². The second kappa shape index (κ2) is 7.62. The van der Waals surface area contributed by atoms with E-state index < -0.39 is 0 Å². The molecule has 0 atom stereocenters. The van der Waals surface area contributed by atoms with Crippen LogP contribution in [0.5, 0.6) is 0 Å². The maximum Gasteiger partial charge on any atom is 0.266 e. The molecule has 0 radical (unpaired) electrons. The van der Waals surface area contributed by atoms with Crippen LogP contribution in [0.15, 0.2) is 42.1 Å². The molecule has 5 nitrogen and oxygen atoms in total. The lowest BCUT2D eigenvalue weighted by Gasteiger charge is -2.34. The highest BCUT2D eigenvalue weighted by molar-refractivity contribution is 5.97. The Morgan fingerprint density at radius 1 is 1.36 bits per heavy atom. The minimum atomic E-state index is -0.222. The van der Waals surface area contributed by atoms with Crippen LogP contribution in [0, 0.1) is 11.3 Å². The number of likely N-dealkylation sites (N-methyl/N-ethyl adjacent to an activating group) is 1. The minimum absolute atomic E-state index is 0.130. The lowest BCUT2D eigenvalue weighted by atomic mass is 10.0. The van der Waals surface area contributed by atoms with E-state index in [4.69, 9.17) is 0 Å². The van der Waals surface area contributed by atoms with Crippen LogP contribution in [0.25, 0.3) is 0 Å². The van der Waals surface area contributed by atoms with Crippen molar-refractivity contribution in [2.45, 2.75) is 18.9 Å². The van der Waals surface area contributed by atoms with Crippen molar-refractivity contribution in [2.24, 2.45) is 0 Å². The first-order valence-corrected chi connectivity index (χ1v) is 7.49. The molecule has 0 bridgehead atoms. The number of amides is 1. The van der Waals surface area contributed by atoms with Crippen LogP contribution >= 0.6 is 0 Å². The lowest BCUT2D eigenvalue weighted by Crippen LogP contribution is -2.44. The van der Waals surface area contributed by atoms with Crippen LogP contribution in [0.1, 0.15) is 12.8 Å². The summed E-state index contributed by atoms with van der Waals surface area (Å²) in [7, 11) is 3.87. The summed E-state index contributed by atoms with van der Waals surface area (Å²) in [4.78, 5) is 16.4. The molecule has 0 saturated carbocycles. The summed E-state index contributed by atoms with van der Waals surface area (Å²) in [5.41, 5.74) is 0.982. The highest BCUT2D eigenvalue weighted by atomic mass is 16.2. The van der Waals surface area contributed by atoms with Gasteiger partial charge in [-0.25, -0.2) is 0 Å². The standard InChI is InChI=1S/C17H22N4O/c1-20-10-8-16(9-11-20)21(2)17(22)14(12-18)13-19-15-6-4-3-5-7-15/h3-7,13,16,19H,8-11H2,1-2H3/b14-13-. The molecule has 1 N–H and O–H groups in total. The molecule has 2 rings (SSSR count). The number of carbonyl (C=O) groups excluding carboxylic acids is 1. The second-order valence-corrected chi connectivity index (χ2v) is 5.63. The predicted molar refractivity (Wildman–Crippen MR) is 87.0 cm³/mol. The van der Waals surface area contributed by atoms with Crippen LogP contribution in [-0.2, 0) is 4.79 Å². The summed E-state index contributed by atoms with van der Waals surface area (Å²) in [6.45, 7) is 1.96. The Morgan fingerprint density at radius 3 is 2.59 bits per heavy atom. The van der Waals surface area contributed by atoms with Gasteiger partial charge in [-0.2, -0.15) is 5.26 Å². The van der Waals surface area contributed by atoms with Gasteiger partial charge in [0, 0.05) is 25.0 Å². The Labute approximate surface area is 131 Å². The van der Waals surface area contributed by atoms with E-state index in [1.807, 2.05) is 36.4 Å². The number of para-hydroxylation sites is 1. The molecule has 1 aliphatic rings. The number of benzene rings is 1. The zero-order valence-electron chi connectivity index (χ0n) is 13.1. The summed E-state index contributed by atoms with van der Waals surface area (Å²) < 4.78 is 0. The fourth-order valence-corrected chi connectivity index (χ4v) is 2.57. The summed E-state index contributed by atoms with van der Waals surface area (Å²) in [6.07, 6.45) is 3.39. The molecule has 0 aliphatic carbocycles. The molecule has 1 aromatic carbocycles. The van der Waals surface area contributed by atoms with E-state index in [-0.39, 0.29) is 17.5 Å². The summed E-state index contributed by atoms with van der Waals surface area (Å²) in [5, 5.41) is 12.3. The van der Waals surface area contributed by atoms with Gasteiger partial charge in [0.05, 0.1) is 0 Å². The van der Waals surface area contributed by atoms with Gasteiger partial charge in [-0.15, -0.1) is 0 Å². The number of piperidine rings is 1. The average Bonchev–Trinajstić information content (AvgIpc) is 2.56. The van der Waals surface area contributed by atoms with Crippen molar-refractivity contribution in [3.8, 4) is 6.07 Å².